The maximum atomic E-state index is 11.7. The molecule has 0 amide bonds. The zero-order valence-corrected chi connectivity index (χ0v) is 10.4. The van der Waals surface area contributed by atoms with Gasteiger partial charge in [0.15, 0.2) is 0 Å². The normalized spacial score (nSPS) is 11.1. The summed E-state index contributed by atoms with van der Waals surface area (Å²) in [6.45, 7) is 0. The number of halogens is 1. The van der Waals surface area contributed by atoms with Gasteiger partial charge < -0.3 is 4.42 Å². The largest absolute Gasteiger partial charge is 0.422 e. The van der Waals surface area contributed by atoms with Crippen LogP contribution in [0, 0.1) is 3.57 Å². The second-order valence-electron chi connectivity index (χ2n) is 3.58. The van der Waals surface area contributed by atoms with Crippen LogP contribution in [0.5, 0.6) is 0 Å². The van der Waals surface area contributed by atoms with E-state index in [0.29, 0.717) is 11.0 Å². The zero-order chi connectivity index (χ0) is 11.1. The summed E-state index contributed by atoms with van der Waals surface area (Å²) in [6.07, 6.45) is 0. The lowest BCUT2D eigenvalue weighted by molar-refractivity contribution is 0.569. The lowest BCUT2D eigenvalue weighted by Crippen LogP contribution is -1.99. The second kappa shape index (κ2) is 3.59. The number of fused-ring (bicyclic) bond motifs is 3. The maximum absolute atomic E-state index is 11.7. The zero-order valence-electron chi connectivity index (χ0n) is 8.24. The molecule has 0 unspecified atom stereocenters. The van der Waals surface area contributed by atoms with Crippen molar-refractivity contribution >= 4 is 44.3 Å². The highest BCUT2D eigenvalue weighted by Gasteiger charge is 2.06. The van der Waals surface area contributed by atoms with Crippen LogP contribution < -0.4 is 5.63 Å². The fraction of sp³-hybridized carbons (Fsp3) is 0. The molecule has 78 valence electrons. The summed E-state index contributed by atoms with van der Waals surface area (Å²) in [7, 11) is 0. The Hall–Kier alpha value is -1.36. The first kappa shape index (κ1) is 9.84. The van der Waals surface area contributed by atoms with Crippen LogP contribution in [-0.4, -0.2) is 0 Å². The van der Waals surface area contributed by atoms with Crippen molar-refractivity contribution < 1.29 is 4.42 Å². The molecule has 0 aliphatic carbocycles. The summed E-state index contributed by atoms with van der Waals surface area (Å²) in [5.74, 6) is 0. The third-order valence-corrected chi connectivity index (χ3v) is 3.25. The van der Waals surface area contributed by atoms with Gasteiger partial charge in [0.25, 0.3) is 0 Å². The van der Waals surface area contributed by atoms with Crippen LogP contribution >= 0.6 is 22.6 Å². The molecule has 3 rings (SSSR count). The molecule has 0 radical (unpaired) electrons. The Morgan fingerprint density at radius 3 is 2.50 bits per heavy atom. The average molecular weight is 322 g/mol. The molecule has 1 aromatic heterocycles. The van der Waals surface area contributed by atoms with Crippen molar-refractivity contribution in [3.05, 3.63) is 56.5 Å². The molecule has 0 spiro atoms. The number of hydrogen-bond donors (Lipinski definition) is 0. The Labute approximate surface area is 105 Å². The van der Waals surface area contributed by atoms with Crippen LogP contribution in [0.3, 0.4) is 0 Å². The van der Waals surface area contributed by atoms with Crippen LogP contribution in [0.4, 0.5) is 0 Å². The van der Waals surface area contributed by atoms with E-state index in [4.69, 9.17) is 4.42 Å². The Morgan fingerprint density at radius 2 is 1.69 bits per heavy atom. The van der Waals surface area contributed by atoms with E-state index in [1.807, 2.05) is 36.4 Å². The topological polar surface area (TPSA) is 30.2 Å². The molecular formula is C13H7IO2. The molecule has 0 saturated carbocycles. The second-order valence-corrected chi connectivity index (χ2v) is 4.82. The van der Waals surface area contributed by atoms with E-state index in [0.717, 1.165) is 14.3 Å². The molecule has 0 saturated heterocycles. The highest BCUT2D eigenvalue weighted by molar-refractivity contribution is 14.1. The predicted molar refractivity (Wildman–Crippen MR) is 72.7 cm³/mol. The first-order valence-electron chi connectivity index (χ1n) is 4.87. The summed E-state index contributed by atoms with van der Waals surface area (Å²) in [5.41, 5.74) is 0.376. The molecule has 2 aromatic carbocycles. The van der Waals surface area contributed by atoms with Gasteiger partial charge in [0.2, 0.25) is 0 Å². The standard InChI is InChI=1S/C13H7IO2/c14-8-5-6-10-9-3-1-2-4-11(9)13(15)16-12(10)7-8/h1-7H. The van der Waals surface area contributed by atoms with Gasteiger partial charge in [0, 0.05) is 8.96 Å². The third-order valence-electron chi connectivity index (χ3n) is 2.58. The third kappa shape index (κ3) is 1.43. The molecule has 0 atom stereocenters. The SMILES string of the molecule is O=c1oc2cc(I)ccc2c2ccccc12. The van der Waals surface area contributed by atoms with Crippen molar-refractivity contribution in [2.24, 2.45) is 0 Å². The summed E-state index contributed by atoms with van der Waals surface area (Å²) in [5, 5.41) is 2.57. The van der Waals surface area contributed by atoms with Gasteiger partial charge in [0.05, 0.1) is 5.39 Å². The summed E-state index contributed by atoms with van der Waals surface area (Å²) in [4.78, 5) is 11.7. The Balaban J connectivity index is 2.64. The van der Waals surface area contributed by atoms with Crippen molar-refractivity contribution in [3.63, 3.8) is 0 Å². The van der Waals surface area contributed by atoms with Gasteiger partial charge in [-0.3, -0.25) is 0 Å². The monoisotopic (exact) mass is 322 g/mol. The number of benzene rings is 2. The van der Waals surface area contributed by atoms with Crippen LogP contribution in [0.25, 0.3) is 21.7 Å². The summed E-state index contributed by atoms with van der Waals surface area (Å²) >= 11 is 2.20. The first-order chi connectivity index (χ1) is 7.75. The lowest BCUT2D eigenvalue weighted by atomic mass is 10.1. The van der Waals surface area contributed by atoms with Gasteiger partial charge in [-0.15, -0.1) is 0 Å². The van der Waals surface area contributed by atoms with Crippen molar-refractivity contribution in [2.75, 3.05) is 0 Å². The van der Waals surface area contributed by atoms with Gasteiger partial charge in [0.1, 0.15) is 5.58 Å². The number of hydrogen-bond acceptors (Lipinski definition) is 2. The van der Waals surface area contributed by atoms with Crippen LogP contribution in [-0.2, 0) is 0 Å². The van der Waals surface area contributed by atoms with Crippen LogP contribution in [0.15, 0.2) is 51.7 Å². The van der Waals surface area contributed by atoms with E-state index in [1.165, 1.54) is 0 Å². The molecule has 16 heavy (non-hydrogen) atoms. The Kier molecular flexibility index (Phi) is 2.21. The molecule has 0 fully saturated rings. The molecule has 0 aliphatic heterocycles. The molecule has 3 heteroatoms. The van der Waals surface area contributed by atoms with E-state index in [2.05, 4.69) is 22.6 Å². The van der Waals surface area contributed by atoms with E-state index < -0.39 is 0 Å². The molecule has 1 heterocycles. The molecule has 0 bridgehead atoms. The van der Waals surface area contributed by atoms with Crippen LogP contribution in [0.2, 0.25) is 0 Å². The Bertz CT molecular complexity index is 744. The van der Waals surface area contributed by atoms with Gasteiger partial charge in [-0.2, -0.15) is 0 Å². The average Bonchev–Trinajstić information content (AvgIpc) is 2.29. The fourth-order valence-corrected chi connectivity index (χ4v) is 2.32. The van der Waals surface area contributed by atoms with Crippen LogP contribution in [0.1, 0.15) is 0 Å². The Morgan fingerprint density at radius 1 is 0.938 bits per heavy atom. The highest BCUT2D eigenvalue weighted by atomic mass is 127. The van der Waals surface area contributed by atoms with E-state index in [-0.39, 0.29) is 5.63 Å². The molecular weight excluding hydrogens is 315 g/mol. The van der Waals surface area contributed by atoms with E-state index >= 15 is 0 Å². The first-order valence-corrected chi connectivity index (χ1v) is 5.95. The molecule has 0 N–H and O–H groups in total. The van der Waals surface area contributed by atoms with Gasteiger partial charge >= 0.3 is 5.63 Å². The predicted octanol–water partition coefficient (Wildman–Crippen LogP) is 3.55. The van der Waals surface area contributed by atoms with Crippen molar-refractivity contribution in [2.45, 2.75) is 0 Å². The molecule has 3 aromatic rings. The molecule has 2 nitrogen and oxygen atoms in total. The van der Waals surface area contributed by atoms with Crippen molar-refractivity contribution in [3.8, 4) is 0 Å². The summed E-state index contributed by atoms with van der Waals surface area (Å²) < 4.78 is 6.35. The van der Waals surface area contributed by atoms with E-state index in [1.54, 1.807) is 6.07 Å². The summed E-state index contributed by atoms with van der Waals surface area (Å²) in [6, 6.07) is 13.4. The quantitative estimate of drug-likeness (QED) is 0.360. The number of rotatable bonds is 0. The van der Waals surface area contributed by atoms with Gasteiger partial charge in [-0.05, 0) is 52.2 Å². The fourth-order valence-electron chi connectivity index (χ4n) is 1.85. The minimum Gasteiger partial charge on any atom is -0.422 e. The minimum atomic E-state index is -0.273. The van der Waals surface area contributed by atoms with Crippen molar-refractivity contribution in [1.82, 2.24) is 0 Å². The smallest absolute Gasteiger partial charge is 0.344 e. The lowest BCUT2D eigenvalue weighted by Gasteiger charge is -2.01. The van der Waals surface area contributed by atoms with Gasteiger partial charge in [-0.25, -0.2) is 4.79 Å². The van der Waals surface area contributed by atoms with Crippen molar-refractivity contribution in [1.29, 1.82) is 0 Å². The molecule has 0 aliphatic rings. The maximum Gasteiger partial charge on any atom is 0.344 e. The minimum absolute atomic E-state index is 0.273. The van der Waals surface area contributed by atoms with E-state index in [9.17, 15) is 4.79 Å². The highest BCUT2D eigenvalue weighted by Crippen LogP contribution is 2.23. The van der Waals surface area contributed by atoms with Gasteiger partial charge in [-0.1, -0.05) is 18.2 Å².